The lowest BCUT2D eigenvalue weighted by molar-refractivity contribution is -0.122. The van der Waals surface area contributed by atoms with Crippen molar-refractivity contribution >= 4 is 35.3 Å². The summed E-state index contributed by atoms with van der Waals surface area (Å²) in [6, 6.07) is 35.4. The molecule has 53 heavy (non-hydrogen) atoms. The van der Waals surface area contributed by atoms with Gasteiger partial charge in [0, 0.05) is 30.6 Å². The molecule has 8 nitrogen and oxygen atoms in total. The van der Waals surface area contributed by atoms with Gasteiger partial charge in [-0.2, -0.15) is 0 Å². The minimum atomic E-state index is -0.770. The second-order valence-corrected chi connectivity index (χ2v) is 14.0. The standard InChI is InChI=1S/C45H41N3O5/c1-28-14-15-31(22-29(28)2)27-53-40-17-16-30(24-41(40)52-3)23-39-43(49)46-45(51)48(44(39)50)34-25-37-35(32-10-6-4-7-11-32)18-20-47-21-19-36(38(26-34)42(37)47)33-12-8-5-9-13-33/h4-17,22-26,35-36H,18-21,27H2,1-3H3,(H,46,49,51)/b39-23+/t35-,36+. The van der Waals surface area contributed by atoms with E-state index >= 15 is 0 Å². The minimum absolute atomic E-state index is 0.0819. The topological polar surface area (TPSA) is 88.2 Å². The Morgan fingerprint density at radius 3 is 1.98 bits per heavy atom. The van der Waals surface area contributed by atoms with E-state index in [1.165, 1.54) is 34.0 Å². The van der Waals surface area contributed by atoms with Gasteiger partial charge in [0.1, 0.15) is 12.2 Å². The van der Waals surface area contributed by atoms with Crippen LogP contribution < -0.4 is 24.6 Å². The predicted molar refractivity (Wildman–Crippen MR) is 207 cm³/mol. The van der Waals surface area contributed by atoms with Crippen molar-refractivity contribution in [3.8, 4) is 11.5 Å². The van der Waals surface area contributed by atoms with Gasteiger partial charge in [0.15, 0.2) is 11.5 Å². The van der Waals surface area contributed by atoms with Gasteiger partial charge in [0.25, 0.3) is 11.8 Å². The molecule has 0 aromatic heterocycles. The van der Waals surface area contributed by atoms with E-state index in [9.17, 15) is 14.4 Å². The fourth-order valence-electron chi connectivity index (χ4n) is 7.97. The van der Waals surface area contributed by atoms with E-state index < -0.39 is 17.8 Å². The first-order valence-electron chi connectivity index (χ1n) is 18.1. The number of carbonyl (C=O) groups excluding carboxylic acids is 3. The Hall–Kier alpha value is -6.15. The van der Waals surface area contributed by atoms with Crippen LogP contribution in [0, 0.1) is 13.8 Å². The van der Waals surface area contributed by atoms with E-state index in [2.05, 4.69) is 60.5 Å². The molecule has 0 unspecified atom stereocenters. The Balaban J connectivity index is 1.16. The molecule has 5 aromatic rings. The Kier molecular flexibility index (Phi) is 9.04. The van der Waals surface area contributed by atoms with Crippen LogP contribution in [0.5, 0.6) is 11.5 Å². The summed E-state index contributed by atoms with van der Waals surface area (Å²) in [5.41, 5.74) is 10.0. The molecular formula is C45H41N3O5. The number of amides is 4. The number of imide groups is 2. The van der Waals surface area contributed by atoms with Gasteiger partial charge in [-0.3, -0.25) is 14.9 Å². The van der Waals surface area contributed by atoms with Crippen molar-refractivity contribution in [3.05, 3.63) is 159 Å². The SMILES string of the molecule is COc1cc(/C=C2\C(=O)NC(=O)N(c3cc4c5c(c3)[C@H](c3ccccc3)CCN5CC[C@@H]4c3ccccc3)C2=O)ccc1OCc1ccc(C)c(C)c1. The number of methoxy groups -OCH3 is 1. The number of anilines is 2. The van der Waals surface area contributed by atoms with E-state index in [4.69, 9.17) is 9.47 Å². The summed E-state index contributed by atoms with van der Waals surface area (Å²) in [6.07, 6.45) is 3.31. The van der Waals surface area contributed by atoms with Gasteiger partial charge in [-0.1, -0.05) is 84.9 Å². The number of nitrogens with zero attached hydrogens (tertiary/aromatic N) is 2. The molecule has 0 bridgehead atoms. The third-order valence-electron chi connectivity index (χ3n) is 10.8. The smallest absolute Gasteiger partial charge is 0.335 e. The Labute approximate surface area is 309 Å². The fraction of sp³-hybridized carbons (Fsp3) is 0.222. The molecule has 3 aliphatic rings. The molecule has 266 valence electrons. The third-order valence-corrected chi connectivity index (χ3v) is 10.8. The molecular weight excluding hydrogens is 663 g/mol. The Bertz CT molecular complexity index is 2190. The zero-order valence-electron chi connectivity index (χ0n) is 30.1. The molecule has 1 saturated heterocycles. The summed E-state index contributed by atoms with van der Waals surface area (Å²) in [4.78, 5) is 44.8. The van der Waals surface area contributed by atoms with E-state index in [1.807, 2.05) is 54.6 Å². The molecule has 3 heterocycles. The van der Waals surface area contributed by atoms with Crippen LogP contribution in [0.2, 0.25) is 0 Å². The van der Waals surface area contributed by atoms with Crippen molar-refractivity contribution in [1.82, 2.24) is 5.32 Å². The van der Waals surface area contributed by atoms with Crippen LogP contribution >= 0.6 is 0 Å². The number of barbiturate groups is 1. The highest BCUT2D eigenvalue weighted by Gasteiger charge is 2.40. The summed E-state index contributed by atoms with van der Waals surface area (Å²) < 4.78 is 11.7. The second kappa shape index (κ2) is 14.1. The maximum Gasteiger partial charge on any atom is 0.335 e. The lowest BCUT2D eigenvalue weighted by Crippen LogP contribution is -2.54. The van der Waals surface area contributed by atoms with Crippen molar-refractivity contribution in [2.45, 2.75) is 45.1 Å². The number of nitrogens with one attached hydrogen (secondary N) is 1. The lowest BCUT2D eigenvalue weighted by atomic mass is 9.76. The maximum absolute atomic E-state index is 14.3. The van der Waals surface area contributed by atoms with Crippen LogP contribution in [0.1, 0.15) is 69.2 Å². The molecule has 8 rings (SSSR count). The Morgan fingerprint density at radius 1 is 0.736 bits per heavy atom. The second-order valence-electron chi connectivity index (χ2n) is 14.0. The number of benzene rings is 5. The van der Waals surface area contributed by atoms with E-state index in [-0.39, 0.29) is 17.4 Å². The van der Waals surface area contributed by atoms with Crippen LogP contribution in [0.4, 0.5) is 16.2 Å². The van der Waals surface area contributed by atoms with Crippen molar-refractivity contribution in [2.24, 2.45) is 0 Å². The van der Waals surface area contributed by atoms with Crippen LogP contribution in [0.25, 0.3) is 6.08 Å². The molecule has 1 fully saturated rings. The van der Waals surface area contributed by atoms with E-state index in [1.54, 1.807) is 25.3 Å². The van der Waals surface area contributed by atoms with Crippen LogP contribution in [0.3, 0.4) is 0 Å². The van der Waals surface area contributed by atoms with Crippen LogP contribution in [-0.2, 0) is 16.2 Å². The molecule has 2 atom stereocenters. The number of carbonyl (C=O) groups is 3. The summed E-state index contributed by atoms with van der Waals surface area (Å²) in [5.74, 6) is -0.285. The molecule has 4 amide bonds. The Morgan fingerprint density at radius 2 is 1.38 bits per heavy atom. The van der Waals surface area contributed by atoms with Crippen molar-refractivity contribution in [1.29, 1.82) is 0 Å². The number of ether oxygens (including phenoxy) is 2. The number of rotatable bonds is 8. The molecule has 3 aliphatic heterocycles. The van der Waals surface area contributed by atoms with Crippen LogP contribution in [0.15, 0.2) is 115 Å². The molecule has 1 N–H and O–H groups in total. The zero-order valence-corrected chi connectivity index (χ0v) is 30.1. The fourth-order valence-corrected chi connectivity index (χ4v) is 7.97. The quantitative estimate of drug-likeness (QED) is 0.129. The summed E-state index contributed by atoms with van der Waals surface area (Å²) in [7, 11) is 1.54. The first-order valence-corrected chi connectivity index (χ1v) is 18.1. The summed E-state index contributed by atoms with van der Waals surface area (Å²) in [6.45, 7) is 6.33. The van der Waals surface area contributed by atoms with Gasteiger partial charge in [0.05, 0.1) is 12.8 Å². The molecule has 5 aromatic carbocycles. The number of hydrogen-bond acceptors (Lipinski definition) is 6. The number of aryl methyl sites for hydroxylation is 2. The van der Waals surface area contributed by atoms with E-state index in [0.717, 1.165) is 47.5 Å². The first kappa shape index (κ1) is 34.0. The average molecular weight is 704 g/mol. The first-order chi connectivity index (χ1) is 25.8. The zero-order chi connectivity index (χ0) is 36.6. The van der Waals surface area contributed by atoms with Crippen molar-refractivity contribution in [2.75, 3.05) is 30.0 Å². The molecule has 8 heteroatoms. The highest BCUT2D eigenvalue weighted by Crippen LogP contribution is 2.50. The summed E-state index contributed by atoms with van der Waals surface area (Å²) >= 11 is 0. The van der Waals surface area contributed by atoms with Crippen LogP contribution in [-0.4, -0.2) is 38.0 Å². The molecule has 0 spiro atoms. The lowest BCUT2D eigenvalue weighted by Gasteiger charge is -2.44. The highest BCUT2D eigenvalue weighted by molar-refractivity contribution is 6.39. The number of urea groups is 1. The minimum Gasteiger partial charge on any atom is -0.493 e. The van der Waals surface area contributed by atoms with Gasteiger partial charge in [-0.25, -0.2) is 9.69 Å². The summed E-state index contributed by atoms with van der Waals surface area (Å²) in [5, 5.41) is 2.43. The average Bonchev–Trinajstić information content (AvgIpc) is 3.18. The maximum atomic E-state index is 14.3. The van der Waals surface area contributed by atoms with Gasteiger partial charge in [0.2, 0.25) is 0 Å². The predicted octanol–water partition coefficient (Wildman–Crippen LogP) is 8.44. The van der Waals surface area contributed by atoms with Crippen molar-refractivity contribution < 1.29 is 23.9 Å². The third kappa shape index (κ3) is 6.46. The largest absolute Gasteiger partial charge is 0.493 e. The number of hydrogen-bond donors (Lipinski definition) is 1. The van der Waals surface area contributed by atoms with Gasteiger partial charge >= 0.3 is 6.03 Å². The monoisotopic (exact) mass is 703 g/mol. The molecule has 0 aliphatic carbocycles. The van der Waals surface area contributed by atoms with Crippen molar-refractivity contribution in [3.63, 3.8) is 0 Å². The van der Waals surface area contributed by atoms with E-state index in [0.29, 0.717) is 29.4 Å². The van der Waals surface area contributed by atoms with Gasteiger partial charge in [-0.05, 0) is 102 Å². The van der Waals surface area contributed by atoms with Gasteiger partial charge < -0.3 is 14.4 Å². The normalized spacial score (nSPS) is 18.8. The molecule has 0 radical (unpaired) electrons. The molecule has 0 saturated carbocycles. The van der Waals surface area contributed by atoms with Gasteiger partial charge in [-0.15, -0.1) is 0 Å². The highest BCUT2D eigenvalue weighted by atomic mass is 16.5.